The summed E-state index contributed by atoms with van der Waals surface area (Å²) in [5.74, 6) is -0.592. The van der Waals surface area contributed by atoms with Crippen molar-refractivity contribution in [1.82, 2.24) is 10.6 Å². The predicted molar refractivity (Wildman–Crippen MR) is 39.9 cm³/mol. The van der Waals surface area contributed by atoms with Crippen LogP contribution in [0.1, 0.15) is 0 Å². The maximum Gasteiger partial charge on any atom is 0.203 e. The maximum atomic E-state index is 11.0. The number of nitrogens with zero attached hydrogens (tertiary/aromatic N) is 1. The molecule has 5 heteroatoms. The number of likely N-dealkylation sites (N-methyl/N-ethyl adjacent to an activating group) is 1. The molecule has 0 saturated heterocycles. The molecule has 1 aliphatic carbocycles. The Morgan fingerprint density at radius 1 is 1.42 bits per heavy atom. The number of rotatable bonds is 2. The second-order valence-corrected chi connectivity index (χ2v) is 2.29. The van der Waals surface area contributed by atoms with Gasteiger partial charge in [-0.3, -0.25) is 19.8 Å². The molecule has 0 fully saturated rings. The van der Waals surface area contributed by atoms with Gasteiger partial charge in [0, 0.05) is 13.1 Å². The van der Waals surface area contributed by atoms with Crippen molar-refractivity contribution in [1.29, 1.82) is 0 Å². The molecule has 2 N–H and O–H groups in total. The number of hydrogen-bond donors (Lipinski definition) is 2. The van der Waals surface area contributed by atoms with E-state index in [1.807, 2.05) is 0 Å². The van der Waals surface area contributed by atoms with E-state index in [9.17, 15) is 9.59 Å². The minimum absolute atomic E-state index is 0.116. The van der Waals surface area contributed by atoms with E-state index in [4.69, 9.17) is 5.21 Å². The van der Waals surface area contributed by atoms with Crippen LogP contribution in [0.5, 0.6) is 0 Å². The molecular formula is C7H8N2O3. The van der Waals surface area contributed by atoms with Crippen LogP contribution in [-0.4, -0.2) is 28.8 Å². The van der Waals surface area contributed by atoms with Gasteiger partial charge in [0.1, 0.15) is 5.70 Å². The molecule has 0 aromatic heterocycles. The molecule has 0 spiro atoms. The number of carbonyl (C=O) groups is 2. The predicted octanol–water partition coefficient (Wildman–Crippen LogP) is -0.596. The van der Waals surface area contributed by atoms with Crippen LogP contribution in [0.3, 0.4) is 0 Å². The lowest BCUT2D eigenvalue weighted by Gasteiger charge is -2.18. The maximum absolute atomic E-state index is 11.0. The van der Waals surface area contributed by atoms with E-state index in [1.54, 1.807) is 5.59 Å². The van der Waals surface area contributed by atoms with Crippen LogP contribution in [0, 0.1) is 0 Å². The summed E-state index contributed by atoms with van der Waals surface area (Å²) in [4.78, 5) is 21.8. The molecule has 64 valence electrons. The second-order valence-electron chi connectivity index (χ2n) is 2.29. The highest BCUT2D eigenvalue weighted by molar-refractivity contribution is 6.16. The Kier molecular flexibility index (Phi) is 2.37. The van der Waals surface area contributed by atoms with Crippen LogP contribution in [0.4, 0.5) is 0 Å². The van der Waals surface area contributed by atoms with Crippen molar-refractivity contribution in [3.8, 4) is 0 Å². The van der Waals surface area contributed by atoms with E-state index >= 15 is 0 Å². The average molecular weight is 168 g/mol. The summed E-state index contributed by atoms with van der Waals surface area (Å²) in [6.07, 6.45) is 3.48. The zero-order valence-electron chi connectivity index (χ0n) is 6.44. The summed E-state index contributed by atoms with van der Waals surface area (Å²) in [5, 5.41) is 9.50. The van der Waals surface area contributed by atoms with Gasteiger partial charge in [-0.1, -0.05) is 0 Å². The van der Waals surface area contributed by atoms with Crippen LogP contribution < -0.4 is 5.59 Å². The SMILES string of the molecule is CN(NO)C1=CC(=O)C=CC1=O. The van der Waals surface area contributed by atoms with Crippen molar-refractivity contribution in [3.63, 3.8) is 0 Å². The normalized spacial score (nSPS) is 16.3. The molecule has 5 nitrogen and oxygen atoms in total. The Morgan fingerprint density at radius 3 is 2.67 bits per heavy atom. The molecule has 0 radical (unpaired) electrons. The Morgan fingerprint density at radius 2 is 2.08 bits per heavy atom. The first-order chi connectivity index (χ1) is 5.65. The van der Waals surface area contributed by atoms with Gasteiger partial charge in [0.2, 0.25) is 5.78 Å². The van der Waals surface area contributed by atoms with Gasteiger partial charge in [0.05, 0.1) is 0 Å². The quantitative estimate of drug-likeness (QED) is 0.425. The number of ketones is 2. The summed E-state index contributed by atoms with van der Waals surface area (Å²) in [6.45, 7) is 0. The molecule has 0 aromatic rings. The zero-order valence-corrected chi connectivity index (χ0v) is 6.44. The van der Waals surface area contributed by atoms with Gasteiger partial charge in [0.25, 0.3) is 0 Å². The Labute approximate surface area is 68.9 Å². The molecule has 0 unspecified atom stereocenters. The molecule has 0 atom stereocenters. The van der Waals surface area contributed by atoms with Crippen molar-refractivity contribution in [3.05, 3.63) is 23.9 Å². The van der Waals surface area contributed by atoms with Gasteiger partial charge in [-0.25, -0.2) is 0 Å². The molecule has 1 aliphatic rings. The van der Waals surface area contributed by atoms with E-state index < -0.39 is 0 Å². The second kappa shape index (κ2) is 3.29. The van der Waals surface area contributed by atoms with E-state index in [0.29, 0.717) is 0 Å². The third-order valence-corrected chi connectivity index (χ3v) is 1.44. The molecule has 0 aromatic carbocycles. The number of hydrazine groups is 1. The summed E-state index contributed by atoms with van der Waals surface area (Å²) in [6, 6.07) is 0. The summed E-state index contributed by atoms with van der Waals surface area (Å²) >= 11 is 0. The first kappa shape index (κ1) is 8.63. The largest absolute Gasteiger partial charge is 0.297 e. The van der Waals surface area contributed by atoms with Crippen LogP contribution in [0.15, 0.2) is 23.9 Å². The van der Waals surface area contributed by atoms with Gasteiger partial charge in [0.15, 0.2) is 5.78 Å². The number of allylic oxidation sites excluding steroid dienone is 3. The lowest BCUT2D eigenvalue weighted by atomic mass is 10.1. The molecular weight excluding hydrogens is 160 g/mol. The minimum Gasteiger partial charge on any atom is -0.297 e. The molecule has 0 heterocycles. The third-order valence-electron chi connectivity index (χ3n) is 1.44. The molecule has 0 aliphatic heterocycles. The standard InChI is InChI=1S/C7H8N2O3/c1-9(8-12)6-4-5(10)2-3-7(6)11/h2-4,8,12H,1H3. The van der Waals surface area contributed by atoms with Crippen molar-refractivity contribution >= 4 is 11.6 Å². The van der Waals surface area contributed by atoms with E-state index in [-0.39, 0.29) is 17.3 Å². The smallest absolute Gasteiger partial charge is 0.203 e. The monoisotopic (exact) mass is 168 g/mol. The third kappa shape index (κ3) is 1.58. The Hall–Kier alpha value is -1.46. The lowest BCUT2D eigenvalue weighted by molar-refractivity contribution is -0.117. The van der Waals surface area contributed by atoms with Crippen LogP contribution in [-0.2, 0) is 9.59 Å². The number of hydrogen-bond acceptors (Lipinski definition) is 5. The van der Waals surface area contributed by atoms with Crippen molar-refractivity contribution in [2.24, 2.45) is 0 Å². The molecule has 0 amide bonds. The highest BCUT2D eigenvalue weighted by Gasteiger charge is 2.16. The van der Waals surface area contributed by atoms with Gasteiger partial charge in [-0.2, -0.15) is 0 Å². The van der Waals surface area contributed by atoms with Crippen molar-refractivity contribution in [2.75, 3.05) is 7.05 Å². The first-order valence-electron chi connectivity index (χ1n) is 3.26. The number of nitrogens with one attached hydrogen (secondary N) is 1. The van der Waals surface area contributed by atoms with E-state index in [0.717, 1.165) is 17.2 Å². The van der Waals surface area contributed by atoms with Gasteiger partial charge in [-0.05, 0) is 12.2 Å². The fraction of sp³-hybridized carbons (Fsp3) is 0.143. The Bertz CT molecular complexity index is 280. The Balaban J connectivity index is 2.88. The number of carbonyl (C=O) groups excluding carboxylic acids is 2. The average Bonchev–Trinajstić information content (AvgIpc) is 2.08. The molecule has 1 rings (SSSR count). The van der Waals surface area contributed by atoms with E-state index in [1.165, 1.54) is 13.1 Å². The van der Waals surface area contributed by atoms with Crippen molar-refractivity contribution in [2.45, 2.75) is 0 Å². The van der Waals surface area contributed by atoms with Gasteiger partial charge < -0.3 is 0 Å². The fourth-order valence-electron chi connectivity index (χ4n) is 0.813. The highest BCUT2D eigenvalue weighted by Crippen LogP contribution is 2.06. The van der Waals surface area contributed by atoms with E-state index in [2.05, 4.69) is 0 Å². The van der Waals surface area contributed by atoms with Crippen LogP contribution in [0.2, 0.25) is 0 Å². The van der Waals surface area contributed by atoms with Crippen LogP contribution >= 0.6 is 0 Å². The summed E-state index contributed by atoms with van der Waals surface area (Å²) in [5.41, 5.74) is 1.86. The van der Waals surface area contributed by atoms with Gasteiger partial charge in [-0.15, -0.1) is 5.59 Å². The summed E-state index contributed by atoms with van der Waals surface area (Å²) < 4.78 is 0. The van der Waals surface area contributed by atoms with Crippen LogP contribution in [0.25, 0.3) is 0 Å². The molecule has 12 heavy (non-hydrogen) atoms. The fourth-order valence-corrected chi connectivity index (χ4v) is 0.813. The molecule has 0 bridgehead atoms. The zero-order chi connectivity index (χ0) is 9.14. The molecule has 0 saturated carbocycles. The van der Waals surface area contributed by atoms with Crippen molar-refractivity contribution < 1.29 is 14.8 Å². The highest BCUT2D eigenvalue weighted by atomic mass is 16.5. The van der Waals surface area contributed by atoms with Gasteiger partial charge >= 0.3 is 0 Å². The topological polar surface area (TPSA) is 69.6 Å². The summed E-state index contributed by atoms with van der Waals surface area (Å²) in [7, 11) is 1.43. The minimum atomic E-state index is -0.321. The first-order valence-corrected chi connectivity index (χ1v) is 3.26. The lowest BCUT2D eigenvalue weighted by Crippen LogP contribution is -2.34.